The third-order valence-electron chi connectivity index (χ3n) is 3.35. The molecule has 0 aromatic carbocycles. The van der Waals surface area contributed by atoms with Gasteiger partial charge < -0.3 is 5.11 Å². The van der Waals surface area contributed by atoms with Crippen molar-refractivity contribution < 1.29 is 5.11 Å². The summed E-state index contributed by atoms with van der Waals surface area (Å²) >= 11 is 0. The van der Waals surface area contributed by atoms with E-state index in [0.29, 0.717) is 0 Å². The molecule has 1 heterocycles. The Bertz CT molecular complexity index is 405. The lowest BCUT2D eigenvalue weighted by atomic mass is 10.2. The van der Waals surface area contributed by atoms with Gasteiger partial charge in [-0.1, -0.05) is 6.92 Å². The summed E-state index contributed by atoms with van der Waals surface area (Å²) in [6.07, 6.45) is 3.07. The zero-order chi connectivity index (χ0) is 11.0. The smallest absolute Gasteiger partial charge is 0.270 e. The minimum absolute atomic E-state index is 0.0425. The Kier molecular flexibility index (Phi) is 2.69. The van der Waals surface area contributed by atoms with Crippen LogP contribution in [0.15, 0.2) is 4.79 Å². The molecule has 0 spiro atoms. The van der Waals surface area contributed by atoms with Crippen LogP contribution in [0.25, 0.3) is 0 Å². The van der Waals surface area contributed by atoms with Crippen molar-refractivity contribution in [2.24, 2.45) is 0 Å². The normalized spacial score (nSPS) is 26.1. The van der Waals surface area contributed by atoms with Crippen LogP contribution in [-0.2, 0) is 6.42 Å². The van der Waals surface area contributed by atoms with Crippen molar-refractivity contribution in [1.29, 1.82) is 0 Å². The van der Waals surface area contributed by atoms with E-state index < -0.39 is 0 Å². The van der Waals surface area contributed by atoms with Crippen LogP contribution in [0.2, 0.25) is 0 Å². The van der Waals surface area contributed by atoms with Crippen molar-refractivity contribution >= 4 is 0 Å². The van der Waals surface area contributed by atoms with Gasteiger partial charge in [0.05, 0.1) is 12.1 Å². The van der Waals surface area contributed by atoms with Crippen molar-refractivity contribution in [2.75, 3.05) is 0 Å². The highest BCUT2D eigenvalue weighted by Crippen LogP contribution is 2.28. The molecule has 4 nitrogen and oxygen atoms in total. The molecule has 2 unspecified atom stereocenters. The minimum Gasteiger partial charge on any atom is -0.391 e. The van der Waals surface area contributed by atoms with Gasteiger partial charge in [0.15, 0.2) is 0 Å². The topological polar surface area (TPSA) is 58.0 Å². The van der Waals surface area contributed by atoms with E-state index in [1.165, 1.54) is 0 Å². The molecule has 2 atom stereocenters. The predicted octanol–water partition coefficient (Wildman–Crippen LogP) is 1.13. The van der Waals surface area contributed by atoms with Crippen LogP contribution in [0, 0.1) is 6.92 Å². The molecule has 1 aliphatic rings. The zero-order valence-corrected chi connectivity index (χ0v) is 9.29. The fourth-order valence-electron chi connectivity index (χ4n) is 2.48. The summed E-state index contributed by atoms with van der Waals surface area (Å²) in [6, 6.07) is -0.0449. The first-order valence-electron chi connectivity index (χ1n) is 5.63. The standard InChI is InChI=1S/C11H18N2O2/c1-3-8-7(2)12-13(11(8)15)9-5-4-6-10(9)14/h9-10,12,14H,3-6H2,1-2H3. The van der Waals surface area contributed by atoms with Gasteiger partial charge in [0.1, 0.15) is 0 Å². The van der Waals surface area contributed by atoms with Gasteiger partial charge in [-0.05, 0) is 32.6 Å². The number of hydrogen-bond acceptors (Lipinski definition) is 2. The van der Waals surface area contributed by atoms with Crippen molar-refractivity contribution in [3.63, 3.8) is 0 Å². The molecule has 1 fully saturated rings. The summed E-state index contributed by atoms with van der Waals surface area (Å²) in [4.78, 5) is 12.0. The van der Waals surface area contributed by atoms with Gasteiger partial charge in [0, 0.05) is 11.3 Å². The highest BCUT2D eigenvalue weighted by Gasteiger charge is 2.29. The summed E-state index contributed by atoms with van der Waals surface area (Å²) in [5.74, 6) is 0. The number of aryl methyl sites for hydroxylation is 1. The van der Waals surface area contributed by atoms with E-state index in [0.717, 1.165) is 36.9 Å². The average Bonchev–Trinajstić information content (AvgIpc) is 2.71. The Morgan fingerprint density at radius 1 is 1.53 bits per heavy atom. The number of aromatic amines is 1. The lowest BCUT2D eigenvalue weighted by Crippen LogP contribution is -2.28. The van der Waals surface area contributed by atoms with Crippen LogP contribution in [0.5, 0.6) is 0 Å². The van der Waals surface area contributed by atoms with Crippen molar-refractivity contribution in [3.8, 4) is 0 Å². The SMILES string of the molecule is CCc1c(C)[nH]n(C2CCCC2O)c1=O. The molecule has 0 amide bonds. The molecule has 2 N–H and O–H groups in total. The largest absolute Gasteiger partial charge is 0.391 e. The molecule has 2 rings (SSSR count). The Morgan fingerprint density at radius 3 is 2.73 bits per heavy atom. The number of nitrogens with one attached hydrogen (secondary N) is 1. The van der Waals surface area contributed by atoms with E-state index >= 15 is 0 Å². The second-order valence-electron chi connectivity index (χ2n) is 4.31. The maximum absolute atomic E-state index is 12.0. The summed E-state index contributed by atoms with van der Waals surface area (Å²) < 4.78 is 1.62. The first-order chi connectivity index (χ1) is 7.15. The summed E-state index contributed by atoms with van der Waals surface area (Å²) in [5, 5.41) is 12.8. The van der Waals surface area contributed by atoms with E-state index in [1.54, 1.807) is 4.68 Å². The number of H-pyrrole nitrogens is 1. The number of nitrogens with zero attached hydrogens (tertiary/aromatic N) is 1. The van der Waals surface area contributed by atoms with Crippen molar-refractivity contribution in [3.05, 3.63) is 21.6 Å². The highest BCUT2D eigenvalue weighted by molar-refractivity contribution is 5.16. The third-order valence-corrected chi connectivity index (χ3v) is 3.35. The van der Waals surface area contributed by atoms with Crippen LogP contribution >= 0.6 is 0 Å². The van der Waals surface area contributed by atoms with E-state index in [-0.39, 0.29) is 17.7 Å². The quantitative estimate of drug-likeness (QED) is 0.769. The molecule has 84 valence electrons. The van der Waals surface area contributed by atoms with Crippen LogP contribution < -0.4 is 5.56 Å². The Hall–Kier alpha value is -1.03. The molecule has 1 aromatic rings. The maximum Gasteiger partial charge on any atom is 0.270 e. The van der Waals surface area contributed by atoms with Gasteiger partial charge in [-0.2, -0.15) is 0 Å². The van der Waals surface area contributed by atoms with Crippen molar-refractivity contribution in [2.45, 2.75) is 51.7 Å². The Balaban J connectivity index is 2.40. The second kappa shape index (κ2) is 3.85. The molecule has 4 heteroatoms. The van der Waals surface area contributed by atoms with E-state index in [9.17, 15) is 9.90 Å². The van der Waals surface area contributed by atoms with Gasteiger partial charge in [0.2, 0.25) is 0 Å². The molecule has 0 radical (unpaired) electrons. The van der Waals surface area contributed by atoms with Gasteiger partial charge in [0.25, 0.3) is 5.56 Å². The van der Waals surface area contributed by atoms with Crippen LogP contribution in [0.1, 0.15) is 43.5 Å². The van der Waals surface area contributed by atoms with Crippen molar-refractivity contribution in [1.82, 2.24) is 9.78 Å². The monoisotopic (exact) mass is 210 g/mol. The highest BCUT2D eigenvalue weighted by atomic mass is 16.3. The predicted molar refractivity (Wildman–Crippen MR) is 58.1 cm³/mol. The Morgan fingerprint density at radius 2 is 2.27 bits per heavy atom. The third kappa shape index (κ3) is 1.63. The van der Waals surface area contributed by atoms with E-state index in [2.05, 4.69) is 5.10 Å². The fraction of sp³-hybridized carbons (Fsp3) is 0.727. The van der Waals surface area contributed by atoms with E-state index in [4.69, 9.17) is 0 Å². The van der Waals surface area contributed by atoms with E-state index in [1.807, 2.05) is 13.8 Å². The summed E-state index contributed by atoms with van der Waals surface area (Å²) in [6.45, 7) is 3.89. The average molecular weight is 210 g/mol. The number of hydrogen-bond donors (Lipinski definition) is 2. The maximum atomic E-state index is 12.0. The molecular weight excluding hydrogens is 192 g/mol. The van der Waals surface area contributed by atoms with Gasteiger partial charge in [-0.3, -0.25) is 9.89 Å². The van der Waals surface area contributed by atoms with Crippen LogP contribution in [-0.4, -0.2) is 21.0 Å². The molecule has 0 aliphatic heterocycles. The van der Waals surface area contributed by atoms with Gasteiger partial charge >= 0.3 is 0 Å². The zero-order valence-electron chi connectivity index (χ0n) is 9.29. The second-order valence-corrected chi connectivity index (χ2v) is 4.31. The molecule has 0 bridgehead atoms. The first-order valence-corrected chi connectivity index (χ1v) is 5.63. The fourth-order valence-corrected chi connectivity index (χ4v) is 2.48. The molecular formula is C11H18N2O2. The number of aliphatic hydroxyl groups is 1. The molecule has 1 aliphatic carbocycles. The number of aliphatic hydroxyl groups excluding tert-OH is 1. The van der Waals surface area contributed by atoms with Gasteiger partial charge in [-0.25, -0.2) is 4.68 Å². The summed E-state index contributed by atoms with van der Waals surface area (Å²) in [5.41, 5.74) is 1.82. The molecule has 1 aromatic heterocycles. The molecule has 1 saturated carbocycles. The van der Waals surface area contributed by atoms with Crippen LogP contribution in [0.4, 0.5) is 0 Å². The Labute approximate surface area is 88.9 Å². The minimum atomic E-state index is -0.370. The van der Waals surface area contributed by atoms with Gasteiger partial charge in [-0.15, -0.1) is 0 Å². The summed E-state index contributed by atoms with van der Waals surface area (Å²) in [7, 11) is 0. The van der Waals surface area contributed by atoms with Crippen LogP contribution in [0.3, 0.4) is 0 Å². The number of rotatable bonds is 2. The molecule has 15 heavy (non-hydrogen) atoms. The lowest BCUT2D eigenvalue weighted by Gasteiger charge is -2.14. The first kappa shape index (κ1) is 10.5. The molecule has 0 saturated heterocycles. The lowest BCUT2D eigenvalue weighted by molar-refractivity contribution is 0.128. The number of aromatic nitrogens is 2.